The molecular formula is C29H24O7. The number of hydrogen-bond donors (Lipinski definition) is 0. The van der Waals surface area contributed by atoms with Gasteiger partial charge in [-0.3, -0.25) is 0 Å². The quantitative estimate of drug-likeness (QED) is 0.399. The molecule has 3 rings (SSSR count). The van der Waals surface area contributed by atoms with Gasteiger partial charge < -0.3 is 23.7 Å². The smallest absolute Gasteiger partial charge is 0.341 e. The van der Waals surface area contributed by atoms with E-state index in [4.69, 9.17) is 23.7 Å². The maximum Gasteiger partial charge on any atom is 0.341 e. The molecule has 0 unspecified atom stereocenters. The van der Waals surface area contributed by atoms with Crippen LogP contribution in [-0.4, -0.2) is 47.5 Å². The zero-order valence-corrected chi connectivity index (χ0v) is 20.6. The lowest BCUT2D eigenvalue weighted by Crippen LogP contribution is -2.04. The highest BCUT2D eigenvalue weighted by molar-refractivity contribution is 5.93. The van der Waals surface area contributed by atoms with Crippen molar-refractivity contribution in [3.8, 4) is 40.9 Å². The lowest BCUT2D eigenvalue weighted by molar-refractivity contribution is 0.0588. The molecule has 0 saturated heterocycles. The third-order valence-corrected chi connectivity index (χ3v) is 5.06. The van der Waals surface area contributed by atoms with Gasteiger partial charge in [0.2, 0.25) is 0 Å². The molecule has 0 aliphatic rings. The fourth-order valence-corrected chi connectivity index (χ4v) is 3.25. The van der Waals surface area contributed by atoms with E-state index in [2.05, 4.69) is 23.7 Å². The van der Waals surface area contributed by atoms with Crippen molar-refractivity contribution < 1.29 is 33.3 Å². The molecule has 0 heterocycles. The van der Waals surface area contributed by atoms with Gasteiger partial charge in [-0.2, -0.15) is 0 Å². The number of carbonyl (C=O) groups excluding carboxylic acids is 2. The van der Waals surface area contributed by atoms with Crippen molar-refractivity contribution >= 4 is 11.9 Å². The van der Waals surface area contributed by atoms with Gasteiger partial charge in [0.1, 0.15) is 28.4 Å². The maximum absolute atomic E-state index is 11.9. The summed E-state index contributed by atoms with van der Waals surface area (Å²) in [4.78, 5) is 23.7. The van der Waals surface area contributed by atoms with Crippen molar-refractivity contribution in [1.29, 1.82) is 0 Å². The largest absolute Gasteiger partial charge is 0.497 e. The highest BCUT2D eigenvalue weighted by atomic mass is 16.5. The van der Waals surface area contributed by atoms with Gasteiger partial charge in [0.05, 0.1) is 35.5 Å². The van der Waals surface area contributed by atoms with Crippen LogP contribution in [0.2, 0.25) is 0 Å². The topological polar surface area (TPSA) is 80.3 Å². The summed E-state index contributed by atoms with van der Waals surface area (Å²) in [5.41, 5.74) is 3.34. The van der Waals surface area contributed by atoms with E-state index in [0.29, 0.717) is 50.6 Å². The first kappa shape index (κ1) is 25.7. The van der Waals surface area contributed by atoms with E-state index in [1.807, 2.05) is 6.07 Å². The van der Waals surface area contributed by atoms with Crippen LogP contribution in [0.25, 0.3) is 0 Å². The molecule has 3 aromatic rings. The van der Waals surface area contributed by atoms with Crippen molar-refractivity contribution in [1.82, 2.24) is 0 Å². The van der Waals surface area contributed by atoms with Crippen LogP contribution in [0.3, 0.4) is 0 Å². The molecule has 0 aliphatic heterocycles. The Morgan fingerprint density at radius 2 is 0.944 bits per heavy atom. The molecule has 7 nitrogen and oxygen atoms in total. The number of carbonyl (C=O) groups is 2. The molecule has 0 amide bonds. The van der Waals surface area contributed by atoms with Crippen LogP contribution in [0.15, 0.2) is 54.6 Å². The molecule has 0 bridgehead atoms. The van der Waals surface area contributed by atoms with E-state index in [0.717, 1.165) is 0 Å². The molecule has 0 fully saturated rings. The molecule has 0 atom stereocenters. The Labute approximate surface area is 209 Å². The average Bonchev–Trinajstić information content (AvgIpc) is 2.93. The number of rotatable bonds is 5. The summed E-state index contributed by atoms with van der Waals surface area (Å²) in [6, 6.07) is 15.4. The fourth-order valence-electron chi connectivity index (χ4n) is 3.25. The van der Waals surface area contributed by atoms with Gasteiger partial charge >= 0.3 is 11.9 Å². The third kappa shape index (κ3) is 6.16. The van der Waals surface area contributed by atoms with Crippen LogP contribution >= 0.6 is 0 Å². The van der Waals surface area contributed by atoms with Gasteiger partial charge in [0.25, 0.3) is 0 Å². The van der Waals surface area contributed by atoms with Crippen molar-refractivity contribution in [3.63, 3.8) is 0 Å². The van der Waals surface area contributed by atoms with Crippen LogP contribution in [0.1, 0.15) is 43.0 Å². The summed E-state index contributed by atoms with van der Waals surface area (Å²) in [6.45, 7) is 0. The normalized spacial score (nSPS) is 9.58. The zero-order chi connectivity index (χ0) is 26.1. The minimum Gasteiger partial charge on any atom is -0.497 e. The Balaban J connectivity index is 1.92. The van der Waals surface area contributed by atoms with E-state index in [9.17, 15) is 9.59 Å². The standard InChI is InChI=1S/C29H24O7/c1-32-23-15-21(8-6-19-10-12-24(28(30)35-4)26(17-19)33-2)14-22(16-23)9-7-20-11-13-25(29(31)36-5)27(18-20)34-3/h10-18H,1-5H3. The van der Waals surface area contributed by atoms with Crippen LogP contribution in [-0.2, 0) is 9.47 Å². The highest BCUT2D eigenvalue weighted by Gasteiger charge is 2.13. The van der Waals surface area contributed by atoms with E-state index in [1.165, 1.54) is 28.4 Å². The Hall–Kier alpha value is -4.88. The second-order valence-corrected chi connectivity index (χ2v) is 7.26. The van der Waals surface area contributed by atoms with Gasteiger partial charge in [0.15, 0.2) is 0 Å². The van der Waals surface area contributed by atoms with Gasteiger partial charge in [0, 0.05) is 22.3 Å². The first-order chi connectivity index (χ1) is 17.4. The number of hydrogen-bond acceptors (Lipinski definition) is 7. The SMILES string of the molecule is COC(=O)c1ccc(C#Cc2cc(C#Cc3ccc(C(=O)OC)c(OC)c3)cc(OC)c2)cc1OC. The van der Waals surface area contributed by atoms with Crippen LogP contribution in [0, 0.1) is 23.7 Å². The van der Waals surface area contributed by atoms with Crippen molar-refractivity contribution in [2.75, 3.05) is 35.5 Å². The van der Waals surface area contributed by atoms with Gasteiger partial charge in [-0.1, -0.05) is 23.7 Å². The molecule has 3 aromatic carbocycles. The van der Waals surface area contributed by atoms with E-state index in [-0.39, 0.29) is 0 Å². The Kier molecular flexibility index (Phi) is 8.58. The van der Waals surface area contributed by atoms with Crippen LogP contribution in [0.5, 0.6) is 17.2 Å². The van der Waals surface area contributed by atoms with E-state index < -0.39 is 11.9 Å². The molecule has 0 aromatic heterocycles. The summed E-state index contributed by atoms with van der Waals surface area (Å²) in [5.74, 6) is 12.7. The molecule has 0 saturated carbocycles. The molecular weight excluding hydrogens is 460 g/mol. The Bertz CT molecular complexity index is 1310. The molecule has 7 heteroatoms. The van der Waals surface area contributed by atoms with E-state index in [1.54, 1.807) is 55.6 Å². The molecule has 0 aliphatic carbocycles. The lowest BCUT2D eigenvalue weighted by Gasteiger charge is -2.07. The Morgan fingerprint density at radius 3 is 1.31 bits per heavy atom. The monoisotopic (exact) mass is 484 g/mol. The maximum atomic E-state index is 11.9. The molecule has 0 N–H and O–H groups in total. The number of esters is 2. The molecule has 182 valence electrons. The van der Waals surface area contributed by atoms with Gasteiger partial charge in [-0.05, 0) is 54.6 Å². The van der Waals surface area contributed by atoms with Gasteiger partial charge in [-0.25, -0.2) is 9.59 Å². The number of ether oxygens (including phenoxy) is 5. The van der Waals surface area contributed by atoms with Gasteiger partial charge in [-0.15, -0.1) is 0 Å². The minimum absolute atomic E-state index is 0.320. The molecule has 0 spiro atoms. The minimum atomic E-state index is -0.486. The molecule has 0 radical (unpaired) electrons. The highest BCUT2D eigenvalue weighted by Crippen LogP contribution is 2.22. The number of methoxy groups -OCH3 is 5. The third-order valence-electron chi connectivity index (χ3n) is 5.06. The summed E-state index contributed by atoms with van der Waals surface area (Å²) >= 11 is 0. The predicted molar refractivity (Wildman–Crippen MR) is 134 cm³/mol. The zero-order valence-electron chi connectivity index (χ0n) is 20.6. The second kappa shape index (κ2) is 12.0. The van der Waals surface area contributed by atoms with Crippen molar-refractivity contribution in [2.24, 2.45) is 0 Å². The first-order valence-electron chi connectivity index (χ1n) is 10.7. The van der Waals surface area contributed by atoms with Crippen LogP contribution < -0.4 is 14.2 Å². The fraction of sp³-hybridized carbons (Fsp3) is 0.172. The van der Waals surface area contributed by atoms with Crippen molar-refractivity contribution in [2.45, 2.75) is 0 Å². The lowest BCUT2D eigenvalue weighted by atomic mass is 10.1. The summed E-state index contributed by atoms with van der Waals surface area (Å²) in [7, 11) is 7.14. The molecule has 36 heavy (non-hydrogen) atoms. The van der Waals surface area contributed by atoms with Crippen molar-refractivity contribution in [3.05, 3.63) is 88.0 Å². The Morgan fingerprint density at radius 1 is 0.528 bits per heavy atom. The van der Waals surface area contributed by atoms with Crippen LogP contribution in [0.4, 0.5) is 0 Å². The first-order valence-corrected chi connectivity index (χ1v) is 10.7. The average molecular weight is 485 g/mol. The van der Waals surface area contributed by atoms with E-state index >= 15 is 0 Å². The second-order valence-electron chi connectivity index (χ2n) is 7.26. The number of benzene rings is 3. The summed E-state index contributed by atoms with van der Waals surface area (Å²) in [6.07, 6.45) is 0. The summed E-state index contributed by atoms with van der Waals surface area (Å²) < 4.78 is 25.5. The summed E-state index contributed by atoms with van der Waals surface area (Å²) in [5, 5.41) is 0. The predicted octanol–water partition coefficient (Wildman–Crippen LogP) is 4.09.